The Morgan fingerprint density at radius 1 is 1.24 bits per heavy atom. The Morgan fingerprint density at radius 2 is 1.90 bits per heavy atom. The smallest absolute Gasteiger partial charge is 0.225 e. The summed E-state index contributed by atoms with van der Waals surface area (Å²) in [5, 5.41) is 3.18. The van der Waals surface area contributed by atoms with Gasteiger partial charge >= 0.3 is 0 Å². The van der Waals surface area contributed by atoms with Gasteiger partial charge in [0.05, 0.1) is 19.5 Å². The summed E-state index contributed by atoms with van der Waals surface area (Å²) in [6, 6.07) is 0.299. The van der Waals surface area contributed by atoms with Crippen LogP contribution in [0.5, 0.6) is 5.75 Å². The molecule has 0 unspecified atom stereocenters. The lowest BCUT2D eigenvalue weighted by molar-refractivity contribution is -0.128. The number of aromatic nitrogens is 2. The van der Waals surface area contributed by atoms with Crippen molar-refractivity contribution in [2.45, 2.75) is 38.1 Å². The molecule has 2 heterocycles. The third-order valence-corrected chi connectivity index (χ3v) is 4.45. The maximum atomic E-state index is 12.0. The van der Waals surface area contributed by atoms with Crippen molar-refractivity contribution in [3.8, 4) is 5.75 Å². The van der Waals surface area contributed by atoms with Crippen molar-refractivity contribution >= 4 is 11.9 Å². The number of carbonyl (C=O) groups is 1. The number of rotatable bonds is 4. The minimum Gasteiger partial charge on any atom is -0.494 e. The van der Waals surface area contributed by atoms with Crippen molar-refractivity contribution in [1.82, 2.24) is 15.3 Å². The minimum atomic E-state index is 0.250. The largest absolute Gasteiger partial charge is 0.494 e. The zero-order valence-corrected chi connectivity index (χ0v) is 12.4. The van der Waals surface area contributed by atoms with Crippen molar-refractivity contribution < 1.29 is 9.53 Å². The van der Waals surface area contributed by atoms with Gasteiger partial charge < -0.3 is 15.0 Å². The SMILES string of the molecule is COc1cnc(N2CCC(NC(=O)C3CCC3)CC2)nc1. The Balaban J connectivity index is 1.48. The van der Waals surface area contributed by atoms with Crippen molar-refractivity contribution in [2.24, 2.45) is 5.92 Å². The lowest BCUT2D eigenvalue weighted by Crippen LogP contribution is -2.47. The number of ether oxygens (including phenoxy) is 1. The zero-order chi connectivity index (χ0) is 14.7. The Labute approximate surface area is 124 Å². The van der Waals surface area contributed by atoms with Crippen LogP contribution in [0.3, 0.4) is 0 Å². The summed E-state index contributed by atoms with van der Waals surface area (Å²) in [5.41, 5.74) is 0. The molecule has 6 heteroatoms. The normalized spacial score (nSPS) is 20.0. The third-order valence-electron chi connectivity index (χ3n) is 4.45. The molecule has 1 aromatic heterocycles. The monoisotopic (exact) mass is 290 g/mol. The average molecular weight is 290 g/mol. The quantitative estimate of drug-likeness (QED) is 0.907. The maximum absolute atomic E-state index is 12.0. The van der Waals surface area contributed by atoms with E-state index >= 15 is 0 Å². The summed E-state index contributed by atoms with van der Waals surface area (Å²) >= 11 is 0. The number of hydrogen-bond donors (Lipinski definition) is 1. The molecule has 2 aliphatic rings. The van der Waals surface area contributed by atoms with Crippen LogP contribution in [0.15, 0.2) is 12.4 Å². The second-order valence-corrected chi connectivity index (χ2v) is 5.82. The Bertz CT molecular complexity index is 479. The van der Waals surface area contributed by atoms with Crippen LogP contribution in [-0.2, 0) is 4.79 Å². The molecule has 0 spiro atoms. The molecular weight excluding hydrogens is 268 g/mol. The predicted octanol–water partition coefficient (Wildman–Crippen LogP) is 1.37. The first-order chi connectivity index (χ1) is 10.3. The number of nitrogens with zero attached hydrogens (tertiary/aromatic N) is 3. The van der Waals surface area contributed by atoms with Gasteiger partial charge in [-0.3, -0.25) is 4.79 Å². The first-order valence-electron chi connectivity index (χ1n) is 7.67. The molecule has 0 atom stereocenters. The van der Waals surface area contributed by atoms with E-state index in [1.165, 1.54) is 6.42 Å². The summed E-state index contributed by atoms with van der Waals surface area (Å²) in [6.07, 6.45) is 8.60. The fourth-order valence-electron chi connectivity index (χ4n) is 2.79. The topological polar surface area (TPSA) is 67.3 Å². The van der Waals surface area contributed by atoms with E-state index in [0.29, 0.717) is 11.8 Å². The van der Waals surface area contributed by atoms with E-state index < -0.39 is 0 Å². The Hall–Kier alpha value is -1.85. The van der Waals surface area contributed by atoms with Crippen LogP contribution >= 0.6 is 0 Å². The Morgan fingerprint density at radius 3 is 2.43 bits per heavy atom. The van der Waals surface area contributed by atoms with Gasteiger partial charge in [0.2, 0.25) is 11.9 Å². The highest BCUT2D eigenvalue weighted by molar-refractivity contribution is 5.79. The van der Waals surface area contributed by atoms with E-state index in [1.54, 1.807) is 19.5 Å². The second kappa shape index (κ2) is 6.28. The van der Waals surface area contributed by atoms with Gasteiger partial charge in [-0.05, 0) is 25.7 Å². The Kier molecular flexibility index (Phi) is 4.22. The molecular formula is C15H22N4O2. The fourth-order valence-corrected chi connectivity index (χ4v) is 2.79. The van der Waals surface area contributed by atoms with Crippen molar-refractivity contribution in [3.63, 3.8) is 0 Å². The lowest BCUT2D eigenvalue weighted by Gasteiger charge is -2.34. The van der Waals surface area contributed by atoms with Gasteiger partial charge in [-0.2, -0.15) is 0 Å². The van der Waals surface area contributed by atoms with Gasteiger partial charge in [-0.15, -0.1) is 0 Å². The molecule has 1 aromatic rings. The van der Waals surface area contributed by atoms with Crippen LogP contribution in [0.2, 0.25) is 0 Å². The molecule has 1 saturated heterocycles. The molecule has 1 N–H and O–H groups in total. The number of hydrogen-bond acceptors (Lipinski definition) is 5. The zero-order valence-electron chi connectivity index (χ0n) is 12.4. The molecule has 0 aromatic carbocycles. The van der Waals surface area contributed by atoms with Crippen molar-refractivity contribution in [1.29, 1.82) is 0 Å². The van der Waals surface area contributed by atoms with Crippen LogP contribution in [0.1, 0.15) is 32.1 Å². The number of piperidine rings is 1. The van der Waals surface area contributed by atoms with Crippen LogP contribution in [0.4, 0.5) is 5.95 Å². The van der Waals surface area contributed by atoms with Gasteiger partial charge in [0.15, 0.2) is 5.75 Å². The lowest BCUT2D eigenvalue weighted by atomic mass is 9.84. The average Bonchev–Trinajstić information content (AvgIpc) is 2.46. The summed E-state index contributed by atoms with van der Waals surface area (Å²) < 4.78 is 5.06. The molecule has 114 valence electrons. The van der Waals surface area contributed by atoms with Gasteiger partial charge in [-0.1, -0.05) is 6.42 Å². The van der Waals surface area contributed by atoms with Gasteiger partial charge in [0, 0.05) is 25.0 Å². The third kappa shape index (κ3) is 3.25. The number of anilines is 1. The molecule has 1 aliphatic heterocycles. The number of nitrogens with one attached hydrogen (secondary N) is 1. The van der Waals surface area contributed by atoms with E-state index in [9.17, 15) is 4.79 Å². The second-order valence-electron chi connectivity index (χ2n) is 5.82. The highest BCUT2D eigenvalue weighted by Crippen LogP contribution is 2.27. The van der Waals surface area contributed by atoms with E-state index in [1.807, 2.05) is 0 Å². The summed E-state index contributed by atoms with van der Waals surface area (Å²) in [6.45, 7) is 1.75. The number of methoxy groups -OCH3 is 1. The summed E-state index contributed by atoms with van der Waals surface area (Å²) in [4.78, 5) is 22.7. The molecule has 1 saturated carbocycles. The van der Waals surface area contributed by atoms with Gasteiger partial charge in [0.25, 0.3) is 0 Å². The highest BCUT2D eigenvalue weighted by Gasteiger charge is 2.28. The molecule has 2 fully saturated rings. The molecule has 21 heavy (non-hydrogen) atoms. The van der Waals surface area contributed by atoms with Crippen LogP contribution in [0.25, 0.3) is 0 Å². The van der Waals surface area contributed by atoms with Crippen molar-refractivity contribution in [2.75, 3.05) is 25.1 Å². The molecule has 0 radical (unpaired) electrons. The number of amides is 1. The standard InChI is InChI=1S/C15H22N4O2/c1-21-13-9-16-15(17-10-13)19-7-5-12(6-8-19)18-14(20)11-3-2-4-11/h9-12H,2-8H2,1H3,(H,18,20). The maximum Gasteiger partial charge on any atom is 0.225 e. The first-order valence-corrected chi connectivity index (χ1v) is 7.67. The van der Waals surface area contributed by atoms with Crippen LogP contribution < -0.4 is 15.0 Å². The van der Waals surface area contributed by atoms with E-state index in [2.05, 4.69) is 20.2 Å². The highest BCUT2D eigenvalue weighted by atomic mass is 16.5. The summed E-state index contributed by atoms with van der Waals surface area (Å²) in [7, 11) is 1.61. The minimum absolute atomic E-state index is 0.250. The fraction of sp³-hybridized carbons (Fsp3) is 0.667. The first kappa shape index (κ1) is 14.1. The predicted molar refractivity (Wildman–Crippen MR) is 79.3 cm³/mol. The molecule has 0 bridgehead atoms. The van der Waals surface area contributed by atoms with Crippen LogP contribution in [-0.4, -0.2) is 42.1 Å². The van der Waals surface area contributed by atoms with Crippen LogP contribution in [0, 0.1) is 5.92 Å². The van der Waals surface area contributed by atoms with Gasteiger partial charge in [-0.25, -0.2) is 9.97 Å². The molecule has 1 aliphatic carbocycles. The molecule has 6 nitrogen and oxygen atoms in total. The van der Waals surface area contributed by atoms with E-state index in [4.69, 9.17) is 4.74 Å². The molecule has 1 amide bonds. The van der Waals surface area contributed by atoms with Crippen molar-refractivity contribution in [3.05, 3.63) is 12.4 Å². The number of carbonyl (C=O) groups excluding carboxylic acids is 1. The molecule has 3 rings (SSSR count). The van der Waals surface area contributed by atoms with E-state index in [-0.39, 0.29) is 11.8 Å². The summed E-state index contributed by atoms with van der Waals surface area (Å²) in [5.74, 6) is 1.93. The van der Waals surface area contributed by atoms with Gasteiger partial charge in [0.1, 0.15) is 0 Å². The van der Waals surface area contributed by atoms with E-state index in [0.717, 1.165) is 44.7 Å².